The second kappa shape index (κ2) is 5.32. The highest BCUT2D eigenvalue weighted by Gasteiger charge is 2.09. The summed E-state index contributed by atoms with van der Waals surface area (Å²) >= 11 is 7.32. The quantitative estimate of drug-likeness (QED) is 0.687. The van der Waals surface area contributed by atoms with E-state index in [2.05, 4.69) is 10.3 Å². The third-order valence-corrected chi connectivity index (χ3v) is 3.56. The number of anilines is 1. The maximum atomic E-state index is 10.6. The number of nitrogens with one attached hydrogen (secondary N) is 1. The fraction of sp³-hybridized carbons (Fsp3) is 0.182. The Kier molecular flexibility index (Phi) is 3.78. The minimum atomic E-state index is -0.456. The van der Waals surface area contributed by atoms with E-state index in [1.807, 2.05) is 12.1 Å². The van der Waals surface area contributed by atoms with Crippen molar-refractivity contribution in [2.75, 3.05) is 5.32 Å². The predicted molar refractivity (Wildman–Crippen MR) is 72.3 cm³/mol. The van der Waals surface area contributed by atoms with Crippen LogP contribution in [0.1, 0.15) is 10.4 Å². The molecule has 0 radical (unpaired) electrons. The first-order valence-corrected chi connectivity index (χ1v) is 6.35. The Hall–Kier alpha value is -1.66. The van der Waals surface area contributed by atoms with E-state index in [4.69, 9.17) is 11.6 Å². The van der Waals surface area contributed by atoms with Crippen LogP contribution in [0.3, 0.4) is 0 Å². The fourth-order valence-electron chi connectivity index (χ4n) is 1.46. The predicted octanol–water partition coefficient (Wildman–Crippen LogP) is 3.63. The Bertz CT molecular complexity index is 585. The SMILES string of the molecule is Cc1cc([N+](=O)[O-])cnc1NCc1ccc(Cl)s1. The van der Waals surface area contributed by atoms with Gasteiger partial charge in [0, 0.05) is 10.9 Å². The minimum Gasteiger partial charge on any atom is -0.365 e. The van der Waals surface area contributed by atoms with Crippen LogP contribution in [-0.4, -0.2) is 9.91 Å². The van der Waals surface area contributed by atoms with E-state index in [0.29, 0.717) is 12.4 Å². The minimum absolute atomic E-state index is 0.00258. The van der Waals surface area contributed by atoms with Crippen molar-refractivity contribution in [1.29, 1.82) is 0 Å². The van der Waals surface area contributed by atoms with E-state index < -0.39 is 4.92 Å². The molecule has 0 spiro atoms. The van der Waals surface area contributed by atoms with Crippen molar-refractivity contribution in [3.63, 3.8) is 0 Å². The third kappa shape index (κ3) is 2.96. The number of nitro groups is 1. The monoisotopic (exact) mass is 283 g/mol. The smallest absolute Gasteiger partial charge is 0.287 e. The standard InChI is InChI=1S/C11H10ClN3O2S/c1-7-4-8(15(16)17)5-13-11(7)14-6-9-2-3-10(12)18-9/h2-5H,6H2,1H3,(H,13,14). The molecule has 0 bridgehead atoms. The first-order chi connectivity index (χ1) is 8.56. The normalized spacial score (nSPS) is 10.3. The number of nitrogens with zero attached hydrogens (tertiary/aromatic N) is 2. The van der Waals surface area contributed by atoms with Crippen LogP contribution >= 0.6 is 22.9 Å². The molecule has 0 aromatic carbocycles. The highest BCUT2D eigenvalue weighted by molar-refractivity contribution is 7.16. The van der Waals surface area contributed by atoms with Crippen molar-refractivity contribution >= 4 is 34.4 Å². The van der Waals surface area contributed by atoms with Gasteiger partial charge >= 0.3 is 0 Å². The molecule has 0 aliphatic rings. The molecule has 0 unspecified atom stereocenters. The maximum Gasteiger partial charge on any atom is 0.287 e. The molecule has 2 heterocycles. The van der Waals surface area contributed by atoms with Crippen molar-refractivity contribution in [2.24, 2.45) is 0 Å². The molecule has 2 aromatic heterocycles. The molecule has 94 valence electrons. The van der Waals surface area contributed by atoms with E-state index in [1.54, 1.807) is 6.92 Å². The lowest BCUT2D eigenvalue weighted by Crippen LogP contribution is -2.02. The molecule has 0 saturated heterocycles. The molecular weight excluding hydrogens is 274 g/mol. The first-order valence-electron chi connectivity index (χ1n) is 5.15. The number of aryl methyl sites for hydroxylation is 1. The molecule has 18 heavy (non-hydrogen) atoms. The van der Waals surface area contributed by atoms with E-state index in [-0.39, 0.29) is 5.69 Å². The van der Waals surface area contributed by atoms with E-state index in [0.717, 1.165) is 14.8 Å². The number of rotatable bonds is 4. The summed E-state index contributed by atoms with van der Waals surface area (Å²) in [5.41, 5.74) is 0.740. The molecule has 1 N–H and O–H groups in total. The summed E-state index contributed by atoms with van der Waals surface area (Å²) < 4.78 is 0.736. The number of hydrogen-bond donors (Lipinski definition) is 1. The van der Waals surface area contributed by atoms with Gasteiger partial charge in [-0.3, -0.25) is 10.1 Å². The number of aromatic nitrogens is 1. The zero-order valence-corrected chi connectivity index (χ0v) is 11.1. The van der Waals surface area contributed by atoms with Gasteiger partial charge in [0.15, 0.2) is 0 Å². The Morgan fingerprint density at radius 2 is 2.33 bits per heavy atom. The Labute approximate surface area is 113 Å². The van der Waals surface area contributed by atoms with E-state index in [9.17, 15) is 10.1 Å². The highest BCUT2D eigenvalue weighted by Crippen LogP contribution is 2.23. The van der Waals surface area contributed by atoms with Gasteiger partial charge < -0.3 is 5.32 Å². The number of thiophene rings is 1. The largest absolute Gasteiger partial charge is 0.365 e. The summed E-state index contributed by atoms with van der Waals surface area (Å²) in [4.78, 5) is 15.2. The lowest BCUT2D eigenvalue weighted by molar-refractivity contribution is -0.385. The van der Waals surface area contributed by atoms with Crippen LogP contribution in [0.2, 0.25) is 4.34 Å². The van der Waals surface area contributed by atoms with Crippen LogP contribution in [-0.2, 0) is 6.54 Å². The molecule has 5 nitrogen and oxygen atoms in total. The first kappa shape index (κ1) is 12.8. The van der Waals surface area contributed by atoms with Crippen molar-refractivity contribution < 1.29 is 4.92 Å². The average molecular weight is 284 g/mol. The molecule has 0 fully saturated rings. The second-order valence-electron chi connectivity index (χ2n) is 3.68. The number of pyridine rings is 1. The molecule has 2 aromatic rings. The van der Waals surface area contributed by atoms with Crippen molar-refractivity contribution in [2.45, 2.75) is 13.5 Å². The van der Waals surface area contributed by atoms with Crippen LogP contribution in [0.25, 0.3) is 0 Å². The van der Waals surface area contributed by atoms with Gasteiger partial charge in [-0.05, 0) is 24.6 Å². The molecule has 7 heteroatoms. The fourth-order valence-corrected chi connectivity index (χ4v) is 2.49. The number of halogens is 1. The zero-order valence-electron chi connectivity index (χ0n) is 9.51. The molecule has 0 aliphatic heterocycles. The summed E-state index contributed by atoms with van der Waals surface area (Å²) in [6.07, 6.45) is 1.25. The van der Waals surface area contributed by atoms with Crippen LogP contribution in [0.15, 0.2) is 24.4 Å². The van der Waals surface area contributed by atoms with Gasteiger partial charge in [-0.15, -0.1) is 11.3 Å². The lowest BCUT2D eigenvalue weighted by atomic mass is 10.2. The second-order valence-corrected chi connectivity index (χ2v) is 5.48. The number of hydrogen-bond acceptors (Lipinski definition) is 5. The van der Waals surface area contributed by atoms with Gasteiger partial charge in [-0.25, -0.2) is 4.98 Å². The molecule has 0 atom stereocenters. The van der Waals surface area contributed by atoms with Crippen molar-refractivity contribution in [3.05, 3.63) is 49.3 Å². The lowest BCUT2D eigenvalue weighted by Gasteiger charge is -2.06. The van der Waals surface area contributed by atoms with Gasteiger partial charge in [0.1, 0.15) is 12.0 Å². The summed E-state index contributed by atoms with van der Waals surface area (Å²) in [5, 5.41) is 13.7. The van der Waals surface area contributed by atoms with Crippen LogP contribution in [0.4, 0.5) is 11.5 Å². The summed E-state index contributed by atoms with van der Waals surface area (Å²) in [7, 11) is 0. The van der Waals surface area contributed by atoms with Crippen LogP contribution in [0, 0.1) is 17.0 Å². The van der Waals surface area contributed by atoms with Gasteiger partial charge in [-0.2, -0.15) is 0 Å². The average Bonchev–Trinajstić information content (AvgIpc) is 2.73. The van der Waals surface area contributed by atoms with Crippen molar-refractivity contribution in [3.8, 4) is 0 Å². The van der Waals surface area contributed by atoms with E-state index in [1.165, 1.54) is 23.6 Å². The molecule has 0 aliphatic carbocycles. The zero-order chi connectivity index (χ0) is 13.1. The summed E-state index contributed by atoms with van der Waals surface area (Å²) in [5.74, 6) is 0.644. The summed E-state index contributed by atoms with van der Waals surface area (Å²) in [6.45, 7) is 2.38. The maximum absolute atomic E-state index is 10.6. The van der Waals surface area contributed by atoms with Crippen molar-refractivity contribution in [1.82, 2.24) is 4.98 Å². The topological polar surface area (TPSA) is 68.1 Å². The van der Waals surface area contributed by atoms with Gasteiger partial charge in [0.2, 0.25) is 0 Å². The van der Waals surface area contributed by atoms with Gasteiger partial charge in [-0.1, -0.05) is 11.6 Å². The molecular formula is C11H10ClN3O2S. The Morgan fingerprint density at radius 1 is 1.56 bits per heavy atom. The Morgan fingerprint density at radius 3 is 2.89 bits per heavy atom. The van der Waals surface area contributed by atoms with Crippen LogP contribution in [0.5, 0.6) is 0 Å². The van der Waals surface area contributed by atoms with Crippen LogP contribution < -0.4 is 5.32 Å². The molecule has 2 rings (SSSR count). The third-order valence-electron chi connectivity index (χ3n) is 2.33. The molecule has 0 amide bonds. The van der Waals surface area contributed by atoms with E-state index >= 15 is 0 Å². The van der Waals surface area contributed by atoms with Gasteiger partial charge in [0.25, 0.3) is 5.69 Å². The molecule has 0 saturated carbocycles. The van der Waals surface area contributed by atoms with Gasteiger partial charge in [0.05, 0.1) is 15.8 Å². The Balaban J connectivity index is 2.08. The summed E-state index contributed by atoms with van der Waals surface area (Å²) in [6, 6.07) is 5.26. The highest BCUT2D eigenvalue weighted by atomic mass is 35.5.